The van der Waals surface area contributed by atoms with E-state index in [0.717, 1.165) is 40.6 Å². The quantitative estimate of drug-likeness (QED) is 0.526. The highest BCUT2D eigenvalue weighted by Crippen LogP contribution is 2.40. The van der Waals surface area contributed by atoms with Crippen LogP contribution in [0, 0.1) is 0 Å². The summed E-state index contributed by atoms with van der Waals surface area (Å²) in [7, 11) is 1.51. The number of anilines is 1. The van der Waals surface area contributed by atoms with Crippen molar-refractivity contribution in [3.8, 4) is 5.75 Å². The lowest BCUT2D eigenvalue weighted by Crippen LogP contribution is -2.16. The molecule has 1 aliphatic rings. The van der Waals surface area contributed by atoms with Crippen molar-refractivity contribution < 1.29 is 19.1 Å². The Morgan fingerprint density at radius 3 is 2.67 bits per heavy atom. The maximum absolute atomic E-state index is 13.0. The molecule has 0 saturated carbocycles. The van der Waals surface area contributed by atoms with E-state index in [0.29, 0.717) is 33.0 Å². The van der Waals surface area contributed by atoms with Crippen LogP contribution in [0.3, 0.4) is 0 Å². The van der Waals surface area contributed by atoms with Gasteiger partial charge in [-0.2, -0.15) is 0 Å². The smallest absolute Gasteiger partial charge is 0.341 e. The highest BCUT2D eigenvalue weighted by atomic mass is 79.9. The largest absolute Gasteiger partial charge is 0.495 e. The summed E-state index contributed by atoms with van der Waals surface area (Å²) in [5.41, 5.74) is 1.89. The van der Waals surface area contributed by atoms with E-state index in [1.807, 2.05) is 6.07 Å². The summed E-state index contributed by atoms with van der Waals surface area (Å²) < 4.78 is 12.0. The van der Waals surface area contributed by atoms with Crippen molar-refractivity contribution in [2.24, 2.45) is 0 Å². The number of amides is 1. The van der Waals surface area contributed by atoms with Crippen LogP contribution < -0.4 is 10.1 Å². The molecule has 0 atom stereocenters. The predicted molar refractivity (Wildman–Crippen MR) is 113 cm³/mol. The fourth-order valence-corrected chi connectivity index (χ4v) is 5.84. The molecule has 1 amide bonds. The van der Waals surface area contributed by atoms with Crippen LogP contribution in [0.25, 0.3) is 0 Å². The molecule has 0 fully saturated rings. The topological polar surface area (TPSA) is 64.6 Å². The molecule has 1 aromatic carbocycles. The molecule has 0 spiro atoms. The second-order valence-electron chi connectivity index (χ2n) is 6.06. The Morgan fingerprint density at radius 1 is 1.22 bits per heavy atom. The number of fused-ring (bicyclic) bond motifs is 1. The summed E-state index contributed by atoms with van der Waals surface area (Å²) in [6.45, 7) is 2.07. The molecule has 0 unspecified atom stereocenters. The third-order valence-electron chi connectivity index (χ3n) is 4.34. The molecule has 8 heteroatoms. The number of rotatable bonds is 5. The summed E-state index contributed by atoms with van der Waals surface area (Å²) in [4.78, 5) is 26.7. The van der Waals surface area contributed by atoms with Crippen molar-refractivity contribution in [3.63, 3.8) is 0 Å². The number of hydrogen-bond acceptors (Lipinski definition) is 5. The van der Waals surface area contributed by atoms with E-state index >= 15 is 0 Å². The van der Waals surface area contributed by atoms with Gasteiger partial charge in [0.1, 0.15) is 10.8 Å². The highest BCUT2D eigenvalue weighted by molar-refractivity contribution is 9.11. The normalized spacial score (nSPS) is 13.0. The lowest BCUT2D eigenvalue weighted by Gasteiger charge is -2.13. The molecule has 1 heterocycles. The zero-order chi connectivity index (χ0) is 19.6. The Labute approximate surface area is 178 Å². The summed E-state index contributed by atoms with van der Waals surface area (Å²) in [6, 6.07) is 3.50. The molecule has 1 N–H and O–H groups in total. The molecule has 144 valence electrons. The summed E-state index contributed by atoms with van der Waals surface area (Å²) >= 11 is 8.27. The average Bonchev–Trinajstić information content (AvgIpc) is 2.99. The minimum Gasteiger partial charge on any atom is -0.495 e. The molecule has 0 aliphatic heterocycles. The first-order chi connectivity index (χ1) is 13.0. The van der Waals surface area contributed by atoms with Gasteiger partial charge in [-0.15, -0.1) is 11.3 Å². The van der Waals surface area contributed by atoms with Crippen LogP contribution >= 0.6 is 43.2 Å². The van der Waals surface area contributed by atoms with Gasteiger partial charge >= 0.3 is 5.97 Å². The third kappa shape index (κ3) is 4.22. The van der Waals surface area contributed by atoms with Crippen LogP contribution in [0.15, 0.2) is 21.1 Å². The third-order valence-corrected chi connectivity index (χ3v) is 6.59. The fourth-order valence-electron chi connectivity index (χ4n) is 3.18. The van der Waals surface area contributed by atoms with Gasteiger partial charge in [-0.25, -0.2) is 4.79 Å². The fraction of sp³-hybridized carbons (Fsp3) is 0.368. The first-order valence-corrected chi connectivity index (χ1v) is 11.0. The van der Waals surface area contributed by atoms with Crippen molar-refractivity contribution in [1.82, 2.24) is 0 Å². The minimum atomic E-state index is -0.380. The number of carbonyl (C=O) groups is 2. The number of esters is 1. The van der Waals surface area contributed by atoms with Crippen LogP contribution in [0.2, 0.25) is 0 Å². The average molecular weight is 517 g/mol. The number of carbonyl (C=O) groups excluding carboxylic acids is 2. The molecule has 1 aromatic heterocycles. The zero-order valence-corrected chi connectivity index (χ0v) is 19.0. The lowest BCUT2D eigenvalue weighted by atomic mass is 9.95. The molecule has 1 aliphatic carbocycles. The van der Waals surface area contributed by atoms with Gasteiger partial charge in [-0.1, -0.05) is 15.9 Å². The number of thiophene rings is 1. The molecule has 3 rings (SSSR count). The molecule has 2 aromatic rings. The maximum atomic E-state index is 13.0. The monoisotopic (exact) mass is 515 g/mol. The Hall–Kier alpha value is -1.38. The number of benzene rings is 1. The first-order valence-electron chi connectivity index (χ1n) is 8.62. The summed E-state index contributed by atoms with van der Waals surface area (Å²) in [5, 5.41) is 3.45. The van der Waals surface area contributed by atoms with Crippen molar-refractivity contribution >= 4 is 60.1 Å². The summed E-state index contributed by atoms with van der Waals surface area (Å²) in [5.74, 6) is -0.276. The first kappa shape index (κ1) is 20.4. The van der Waals surface area contributed by atoms with Gasteiger partial charge in [-0.3, -0.25) is 4.79 Å². The Balaban J connectivity index is 2.00. The van der Waals surface area contributed by atoms with Crippen molar-refractivity contribution in [2.75, 3.05) is 19.0 Å². The number of ether oxygens (including phenoxy) is 2. The zero-order valence-electron chi connectivity index (χ0n) is 15.0. The van der Waals surface area contributed by atoms with Crippen molar-refractivity contribution in [3.05, 3.63) is 42.6 Å². The second kappa shape index (κ2) is 8.75. The molecular weight excluding hydrogens is 498 g/mol. The Bertz CT molecular complexity index is 894. The van der Waals surface area contributed by atoms with E-state index in [2.05, 4.69) is 37.2 Å². The molecule has 5 nitrogen and oxygen atoms in total. The number of hydrogen-bond donors (Lipinski definition) is 1. The molecule has 27 heavy (non-hydrogen) atoms. The van der Waals surface area contributed by atoms with E-state index < -0.39 is 0 Å². The molecular formula is C19H19Br2NO4S. The number of nitrogens with one attached hydrogen (secondary N) is 1. The second-order valence-corrected chi connectivity index (χ2v) is 8.93. The highest BCUT2D eigenvalue weighted by Gasteiger charge is 2.28. The van der Waals surface area contributed by atoms with Gasteiger partial charge in [0.15, 0.2) is 0 Å². The van der Waals surface area contributed by atoms with E-state index in [1.165, 1.54) is 18.4 Å². The van der Waals surface area contributed by atoms with E-state index in [1.54, 1.807) is 13.0 Å². The van der Waals surface area contributed by atoms with Gasteiger partial charge < -0.3 is 14.8 Å². The molecule has 0 radical (unpaired) electrons. The number of aryl methyl sites for hydroxylation is 1. The van der Waals surface area contributed by atoms with Crippen LogP contribution in [0.5, 0.6) is 5.75 Å². The van der Waals surface area contributed by atoms with Crippen LogP contribution in [-0.2, 0) is 17.6 Å². The summed E-state index contributed by atoms with van der Waals surface area (Å²) in [6.07, 6.45) is 3.89. The Kier molecular flexibility index (Phi) is 6.60. The van der Waals surface area contributed by atoms with Gasteiger partial charge in [0.25, 0.3) is 5.91 Å². The van der Waals surface area contributed by atoms with Gasteiger partial charge in [0.05, 0.1) is 29.3 Å². The van der Waals surface area contributed by atoms with Gasteiger partial charge in [0, 0.05) is 9.35 Å². The number of halogens is 2. The maximum Gasteiger partial charge on any atom is 0.341 e. The van der Waals surface area contributed by atoms with Crippen LogP contribution in [-0.4, -0.2) is 25.6 Å². The Morgan fingerprint density at radius 2 is 1.96 bits per heavy atom. The SMILES string of the molecule is CCOC(=O)c1c(NC(=O)c2cc(Br)cc(Br)c2OC)sc2c1CCCC2. The van der Waals surface area contributed by atoms with Crippen LogP contribution in [0.4, 0.5) is 5.00 Å². The van der Waals surface area contributed by atoms with Gasteiger partial charge in [0.2, 0.25) is 0 Å². The van der Waals surface area contributed by atoms with E-state index in [9.17, 15) is 9.59 Å². The standard InChI is InChI=1S/C19H19Br2NO4S/c1-3-26-19(24)15-11-6-4-5-7-14(11)27-18(15)22-17(23)12-8-10(20)9-13(21)16(12)25-2/h8-9H,3-7H2,1-2H3,(H,22,23). The van der Waals surface area contributed by atoms with Crippen molar-refractivity contribution in [2.45, 2.75) is 32.6 Å². The van der Waals surface area contributed by atoms with E-state index in [4.69, 9.17) is 9.47 Å². The van der Waals surface area contributed by atoms with Gasteiger partial charge in [-0.05, 0) is 66.2 Å². The lowest BCUT2D eigenvalue weighted by molar-refractivity contribution is 0.0526. The van der Waals surface area contributed by atoms with Crippen LogP contribution in [0.1, 0.15) is 50.9 Å². The van der Waals surface area contributed by atoms with E-state index in [-0.39, 0.29) is 11.9 Å². The predicted octanol–water partition coefficient (Wildman–Crippen LogP) is 5.59. The molecule has 0 saturated heterocycles. The van der Waals surface area contributed by atoms with Crippen molar-refractivity contribution in [1.29, 1.82) is 0 Å². The molecule has 0 bridgehead atoms. The minimum absolute atomic E-state index is 0.295. The number of methoxy groups -OCH3 is 1.